The minimum absolute atomic E-state index is 0.0885. The number of hydrogen-bond donors (Lipinski definition) is 1. The van der Waals surface area contributed by atoms with Crippen molar-refractivity contribution in [2.24, 2.45) is 5.92 Å². The van der Waals surface area contributed by atoms with E-state index in [-0.39, 0.29) is 17.5 Å². The molecule has 0 aromatic carbocycles. The van der Waals surface area contributed by atoms with Crippen LogP contribution in [-0.4, -0.2) is 95.5 Å². The number of methoxy groups -OCH3 is 1. The average Bonchev–Trinajstić information content (AvgIpc) is 3.56. The van der Waals surface area contributed by atoms with E-state index in [9.17, 15) is 8.42 Å². The molecule has 3 rings (SSSR count). The topological polar surface area (TPSA) is 83.6 Å². The molecular formula is C20H39N3O5S. The minimum Gasteiger partial charge on any atom is -0.384 e. The van der Waals surface area contributed by atoms with E-state index < -0.39 is 21.9 Å². The number of epoxide rings is 1. The summed E-state index contributed by atoms with van der Waals surface area (Å²) in [6, 6.07) is 0.110. The Balaban J connectivity index is 1.84. The summed E-state index contributed by atoms with van der Waals surface area (Å²) >= 11 is 0. The van der Waals surface area contributed by atoms with Crippen LogP contribution in [0.5, 0.6) is 0 Å². The first-order valence-electron chi connectivity index (χ1n) is 10.8. The summed E-state index contributed by atoms with van der Waals surface area (Å²) in [6.07, 6.45) is 7.49. The molecule has 3 unspecified atom stereocenters. The minimum atomic E-state index is -3.63. The van der Waals surface area contributed by atoms with Gasteiger partial charge in [-0.25, -0.2) is 0 Å². The van der Waals surface area contributed by atoms with Gasteiger partial charge in [-0.15, -0.1) is 0 Å². The molecule has 29 heavy (non-hydrogen) atoms. The molecule has 2 heterocycles. The third-order valence-electron chi connectivity index (χ3n) is 7.02. The van der Waals surface area contributed by atoms with Gasteiger partial charge in [0.2, 0.25) is 0 Å². The lowest BCUT2D eigenvalue weighted by molar-refractivity contribution is -0.0719. The van der Waals surface area contributed by atoms with Gasteiger partial charge in [-0.1, -0.05) is 12.8 Å². The summed E-state index contributed by atoms with van der Waals surface area (Å²) in [5.41, 5.74) is -0.585. The Labute approximate surface area is 176 Å². The maximum absolute atomic E-state index is 12.2. The molecule has 170 valence electrons. The zero-order valence-corrected chi connectivity index (χ0v) is 19.5. The van der Waals surface area contributed by atoms with Crippen LogP contribution < -0.4 is 5.32 Å². The van der Waals surface area contributed by atoms with Crippen LogP contribution in [0, 0.1) is 5.92 Å². The van der Waals surface area contributed by atoms with Gasteiger partial charge in [0.15, 0.2) is 5.72 Å². The number of ether oxygens (including phenoxy) is 2. The van der Waals surface area contributed by atoms with E-state index in [4.69, 9.17) is 13.7 Å². The van der Waals surface area contributed by atoms with Gasteiger partial charge in [-0.05, 0) is 53.2 Å². The number of unbranched alkanes of at least 4 members (excludes halogenated alkanes) is 2. The van der Waals surface area contributed by atoms with Crippen LogP contribution in [0.25, 0.3) is 0 Å². The molecule has 2 saturated heterocycles. The predicted octanol–water partition coefficient (Wildman–Crippen LogP) is 1.23. The molecule has 0 radical (unpaired) electrons. The smallest absolute Gasteiger partial charge is 0.264 e. The van der Waals surface area contributed by atoms with E-state index in [1.165, 1.54) is 19.3 Å². The summed E-state index contributed by atoms with van der Waals surface area (Å²) < 4.78 is 41.6. The van der Waals surface area contributed by atoms with Crippen molar-refractivity contribution in [1.29, 1.82) is 0 Å². The van der Waals surface area contributed by atoms with Crippen LogP contribution in [0.15, 0.2) is 0 Å². The highest BCUT2D eigenvalue weighted by atomic mass is 32.2. The highest BCUT2D eigenvalue weighted by Gasteiger charge is 2.69. The number of nitrogens with one attached hydrogen (secondary N) is 1. The fraction of sp³-hybridized carbons (Fsp3) is 1.00. The first-order valence-corrected chi connectivity index (χ1v) is 12.6. The normalized spacial score (nSPS) is 35.0. The van der Waals surface area contributed by atoms with Crippen molar-refractivity contribution < 1.29 is 22.1 Å². The second-order valence-electron chi connectivity index (χ2n) is 9.18. The van der Waals surface area contributed by atoms with Gasteiger partial charge in [-0.3, -0.25) is 14.0 Å². The van der Waals surface area contributed by atoms with Gasteiger partial charge in [0, 0.05) is 24.6 Å². The Bertz CT molecular complexity index is 651. The zero-order chi connectivity index (χ0) is 21.3. The molecule has 2 aliphatic heterocycles. The molecule has 8 nitrogen and oxygen atoms in total. The molecule has 3 fully saturated rings. The van der Waals surface area contributed by atoms with Crippen LogP contribution in [0.2, 0.25) is 0 Å². The second kappa shape index (κ2) is 9.06. The Morgan fingerprint density at radius 3 is 2.45 bits per heavy atom. The zero-order valence-electron chi connectivity index (χ0n) is 18.6. The largest absolute Gasteiger partial charge is 0.384 e. The molecule has 1 spiro atoms. The lowest BCUT2D eigenvalue weighted by Crippen LogP contribution is -2.56. The van der Waals surface area contributed by atoms with Crippen molar-refractivity contribution in [3.05, 3.63) is 0 Å². The van der Waals surface area contributed by atoms with E-state index in [2.05, 4.69) is 29.1 Å². The quantitative estimate of drug-likeness (QED) is 0.296. The lowest BCUT2D eigenvalue weighted by atomic mass is 9.89. The summed E-state index contributed by atoms with van der Waals surface area (Å²) in [5.74, 6) is -0.0985. The summed E-state index contributed by atoms with van der Waals surface area (Å²) in [7, 11) is 2.12. The monoisotopic (exact) mass is 433 g/mol. The van der Waals surface area contributed by atoms with E-state index in [0.717, 1.165) is 38.7 Å². The molecule has 0 amide bonds. The van der Waals surface area contributed by atoms with Gasteiger partial charge in [-0.2, -0.15) is 8.42 Å². The molecule has 9 heteroatoms. The molecule has 0 aromatic rings. The fourth-order valence-corrected chi connectivity index (χ4v) is 5.64. The van der Waals surface area contributed by atoms with Crippen molar-refractivity contribution in [1.82, 2.24) is 15.1 Å². The maximum atomic E-state index is 12.2. The Hall–Kier alpha value is -0.290. The van der Waals surface area contributed by atoms with Crippen molar-refractivity contribution in [3.8, 4) is 0 Å². The lowest BCUT2D eigenvalue weighted by Gasteiger charge is -2.40. The highest BCUT2D eigenvalue weighted by Crippen LogP contribution is 2.56. The second-order valence-corrected chi connectivity index (χ2v) is 10.8. The van der Waals surface area contributed by atoms with Crippen molar-refractivity contribution >= 4 is 10.1 Å². The van der Waals surface area contributed by atoms with Gasteiger partial charge in [0.05, 0.1) is 26.1 Å². The molecular weight excluding hydrogens is 394 g/mol. The van der Waals surface area contributed by atoms with Crippen LogP contribution >= 0.6 is 0 Å². The van der Waals surface area contributed by atoms with Crippen LogP contribution in [0.4, 0.5) is 0 Å². The van der Waals surface area contributed by atoms with Crippen molar-refractivity contribution in [3.63, 3.8) is 0 Å². The summed E-state index contributed by atoms with van der Waals surface area (Å²) in [6.45, 7) is 4.87. The van der Waals surface area contributed by atoms with E-state index >= 15 is 0 Å². The molecule has 1 N–H and O–H groups in total. The number of nitrogens with zero attached hydrogens (tertiary/aromatic N) is 2. The van der Waals surface area contributed by atoms with Gasteiger partial charge < -0.3 is 14.8 Å². The van der Waals surface area contributed by atoms with E-state index in [1.807, 2.05) is 7.05 Å². The molecule has 3 aliphatic rings. The first kappa shape index (κ1) is 23.4. The summed E-state index contributed by atoms with van der Waals surface area (Å²) in [5, 5.41) is 3.21. The summed E-state index contributed by atoms with van der Waals surface area (Å²) in [4.78, 5) is 4.72. The Morgan fingerprint density at radius 1 is 1.24 bits per heavy atom. The van der Waals surface area contributed by atoms with Crippen molar-refractivity contribution in [2.45, 2.75) is 68.9 Å². The number of rotatable bonds is 11. The first-order chi connectivity index (χ1) is 13.7. The van der Waals surface area contributed by atoms with Crippen LogP contribution in [-0.2, 0) is 23.8 Å². The fourth-order valence-electron chi connectivity index (χ4n) is 4.97. The van der Waals surface area contributed by atoms with Crippen LogP contribution in [0.1, 0.15) is 45.4 Å². The van der Waals surface area contributed by atoms with Gasteiger partial charge in [0.1, 0.15) is 6.10 Å². The molecule has 0 aromatic heterocycles. The average molecular weight is 434 g/mol. The van der Waals surface area contributed by atoms with E-state index in [0.29, 0.717) is 13.2 Å². The standard InChI is InChI=1S/C20H39N3O5S/c1-16-17(13-26-4)18(28-29(5,24)25)20(14-27-20)23(15-22(16)3)19(10-11-19)9-7-6-8-12-21-2/h16-18,21H,6-15H2,1-5H3/t16?,17-,18?,20?/m1/s1. The van der Waals surface area contributed by atoms with E-state index in [1.54, 1.807) is 7.11 Å². The Kier molecular flexibility index (Phi) is 7.30. The van der Waals surface area contributed by atoms with Crippen LogP contribution in [0.3, 0.4) is 0 Å². The predicted molar refractivity (Wildman–Crippen MR) is 112 cm³/mol. The Morgan fingerprint density at radius 2 is 1.93 bits per heavy atom. The van der Waals surface area contributed by atoms with Gasteiger partial charge >= 0.3 is 0 Å². The molecule has 0 bridgehead atoms. The molecule has 4 atom stereocenters. The SMILES string of the molecule is CNCCCCCC1(N2CN(C)C(C)[C@@H](COC)C(OS(C)(=O)=O)C23CO3)CC1. The third-order valence-corrected chi connectivity index (χ3v) is 7.57. The highest BCUT2D eigenvalue weighted by molar-refractivity contribution is 7.86. The molecule has 1 saturated carbocycles. The third kappa shape index (κ3) is 5.14. The van der Waals surface area contributed by atoms with Gasteiger partial charge in [0.25, 0.3) is 10.1 Å². The van der Waals surface area contributed by atoms with Crippen molar-refractivity contribution in [2.75, 3.05) is 53.9 Å². The maximum Gasteiger partial charge on any atom is 0.264 e. The molecule has 1 aliphatic carbocycles. The number of hydrogen-bond acceptors (Lipinski definition) is 8.